The molecular formula is C33H50ClN3O3. The molecule has 2 aliphatic heterocycles. The number of aryl methyl sites for hydroxylation is 1. The second-order valence-corrected chi connectivity index (χ2v) is 12.1. The lowest BCUT2D eigenvalue weighted by Crippen LogP contribution is -2.48. The molecule has 222 valence electrons. The van der Waals surface area contributed by atoms with E-state index in [-0.39, 0.29) is 24.0 Å². The minimum absolute atomic E-state index is 0.0555. The summed E-state index contributed by atoms with van der Waals surface area (Å²) in [6.07, 6.45) is 9.42. The number of halogens is 1. The zero-order chi connectivity index (χ0) is 29.2. The van der Waals surface area contributed by atoms with E-state index >= 15 is 0 Å². The Kier molecular flexibility index (Phi) is 12.6. The molecule has 2 amide bonds. The van der Waals surface area contributed by atoms with Crippen molar-refractivity contribution >= 4 is 23.4 Å². The maximum Gasteiger partial charge on any atom is 0.254 e. The van der Waals surface area contributed by atoms with Crippen LogP contribution in [-0.2, 0) is 14.3 Å². The lowest BCUT2D eigenvalue weighted by atomic mass is 10.0. The van der Waals surface area contributed by atoms with Crippen molar-refractivity contribution < 1.29 is 14.3 Å². The minimum Gasteiger partial charge on any atom is -0.372 e. The molecule has 2 fully saturated rings. The molecule has 6 nitrogen and oxygen atoms in total. The molecule has 1 aromatic rings. The van der Waals surface area contributed by atoms with Gasteiger partial charge < -0.3 is 19.4 Å². The molecule has 40 heavy (non-hydrogen) atoms. The molecule has 7 heteroatoms. The summed E-state index contributed by atoms with van der Waals surface area (Å²) >= 11 is 5.71. The van der Waals surface area contributed by atoms with Crippen LogP contribution >= 0.6 is 11.6 Å². The van der Waals surface area contributed by atoms with Crippen LogP contribution in [0.15, 0.2) is 47.2 Å². The molecule has 3 unspecified atom stereocenters. The van der Waals surface area contributed by atoms with Crippen LogP contribution in [0, 0.1) is 12.8 Å². The van der Waals surface area contributed by atoms with E-state index in [0.717, 1.165) is 66.9 Å². The number of morpholine rings is 1. The number of likely N-dealkylation sites (N-methyl/N-ethyl adjacent to an activating group) is 1. The zero-order valence-electron chi connectivity index (χ0n) is 25.5. The van der Waals surface area contributed by atoms with Crippen molar-refractivity contribution in [3.05, 3.63) is 57.8 Å². The van der Waals surface area contributed by atoms with Crippen LogP contribution in [0.4, 0.5) is 0 Å². The fraction of sp³-hybridized carbons (Fsp3) is 0.636. The van der Waals surface area contributed by atoms with Crippen LogP contribution in [0.5, 0.6) is 0 Å². The van der Waals surface area contributed by atoms with Gasteiger partial charge in [0.2, 0.25) is 5.91 Å². The number of carbonyl (C=O) groups is 2. The van der Waals surface area contributed by atoms with Gasteiger partial charge in [-0.25, -0.2) is 0 Å². The zero-order valence-corrected chi connectivity index (χ0v) is 26.3. The normalized spacial score (nSPS) is 23.3. The standard InChI is InChI=1S/C26H43N3O3.C7H7Cl/c1-6-9-21-13-14-28(17-21)25(30)18-27(5)24-12-8-11-22(24)23(10-7-2)26(31)29-15-19(3)32-20(4)16-29;1-6-4-2-3-5-7(6)8/h10,19-21H,6-9,11-18H2,1-5H3;2-5H,1H3/b23-10-;. The summed E-state index contributed by atoms with van der Waals surface area (Å²) in [5, 5.41) is 0.840. The van der Waals surface area contributed by atoms with Crippen molar-refractivity contribution in [1.29, 1.82) is 0 Å². The first-order chi connectivity index (χ1) is 19.1. The minimum atomic E-state index is 0.0555. The number of amides is 2. The number of hydrogen-bond donors (Lipinski definition) is 0. The van der Waals surface area contributed by atoms with E-state index in [9.17, 15) is 9.59 Å². The third-order valence-electron chi connectivity index (χ3n) is 8.10. The Morgan fingerprint density at radius 3 is 2.38 bits per heavy atom. The van der Waals surface area contributed by atoms with Gasteiger partial charge in [-0.2, -0.15) is 0 Å². The fourth-order valence-electron chi connectivity index (χ4n) is 6.15. The van der Waals surface area contributed by atoms with Crippen LogP contribution in [0.2, 0.25) is 5.02 Å². The van der Waals surface area contributed by atoms with Crippen molar-refractivity contribution in [1.82, 2.24) is 14.7 Å². The highest BCUT2D eigenvalue weighted by Gasteiger charge is 2.32. The second-order valence-electron chi connectivity index (χ2n) is 11.7. The van der Waals surface area contributed by atoms with Crippen molar-refractivity contribution in [2.75, 3.05) is 39.8 Å². The van der Waals surface area contributed by atoms with E-state index < -0.39 is 0 Å². The average Bonchev–Trinajstić information content (AvgIpc) is 3.59. The van der Waals surface area contributed by atoms with Gasteiger partial charge >= 0.3 is 0 Å². The Morgan fingerprint density at radius 2 is 1.77 bits per heavy atom. The topological polar surface area (TPSA) is 53.1 Å². The first kappa shape index (κ1) is 32.2. The third kappa shape index (κ3) is 8.84. The first-order valence-electron chi connectivity index (χ1n) is 15.2. The highest BCUT2D eigenvalue weighted by atomic mass is 35.5. The highest BCUT2D eigenvalue weighted by molar-refractivity contribution is 6.31. The molecule has 0 aromatic heterocycles. The smallest absolute Gasteiger partial charge is 0.254 e. The molecule has 0 bridgehead atoms. The lowest BCUT2D eigenvalue weighted by molar-refractivity contribution is -0.138. The molecule has 0 N–H and O–H groups in total. The third-order valence-corrected chi connectivity index (χ3v) is 8.53. The molecule has 3 atom stereocenters. The number of rotatable bonds is 8. The molecule has 1 aromatic carbocycles. The second kappa shape index (κ2) is 15.6. The summed E-state index contributed by atoms with van der Waals surface area (Å²) in [5.41, 5.74) is 4.29. The van der Waals surface area contributed by atoms with Gasteiger partial charge in [-0.05, 0) is 82.4 Å². The molecule has 0 radical (unpaired) electrons. The Hall–Kier alpha value is -2.31. The van der Waals surface area contributed by atoms with Gasteiger partial charge in [0.15, 0.2) is 0 Å². The van der Waals surface area contributed by atoms with E-state index in [1.54, 1.807) is 0 Å². The molecule has 0 saturated carbocycles. The number of ether oxygens (including phenoxy) is 1. The SMILES string of the molecule is CC/C=C(\C(=O)N1CC(C)OC(C)C1)C1=C(N(C)CC(=O)N2CCC(CCC)C2)CCC1.Cc1ccccc1Cl. The van der Waals surface area contributed by atoms with Gasteiger partial charge in [-0.3, -0.25) is 9.59 Å². The van der Waals surface area contributed by atoms with Crippen molar-refractivity contribution in [3.8, 4) is 0 Å². The molecule has 1 aliphatic carbocycles. The monoisotopic (exact) mass is 571 g/mol. The summed E-state index contributed by atoms with van der Waals surface area (Å²) in [7, 11) is 2.02. The van der Waals surface area contributed by atoms with Crippen LogP contribution < -0.4 is 0 Å². The van der Waals surface area contributed by atoms with Crippen molar-refractivity contribution in [3.63, 3.8) is 0 Å². The van der Waals surface area contributed by atoms with E-state index in [0.29, 0.717) is 25.6 Å². The fourth-order valence-corrected chi connectivity index (χ4v) is 6.29. The quantitative estimate of drug-likeness (QED) is 0.329. The Morgan fingerprint density at radius 1 is 1.07 bits per heavy atom. The summed E-state index contributed by atoms with van der Waals surface area (Å²) < 4.78 is 5.83. The Labute approximate surface area is 247 Å². The van der Waals surface area contributed by atoms with Gasteiger partial charge in [0, 0.05) is 49.5 Å². The predicted molar refractivity (Wildman–Crippen MR) is 164 cm³/mol. The number of benzene rings is 1. The summed E-state index contributed by atoms with van der Waals surface area (Å²) in [4.78, 5) is 32.6. The van der Waals surface area contributed by atoms with Crippen LogP contribution in [0.1, 0.15) is 78.2 Å². The average molecular weight is 572 g/mol. The van der Waals surface area contributed by atoms with Crippen LogP contribution in [0.3, 0.4) is 0 Å². The molecule has 2 saturated heterocycles. The van der Waals surface area contributed by atoms with Gasteiger partial charge in [-0.1, -0.05) is 56.1 Å². The summed E-state index contributed by atoms with van der Waals surface area (Å²) in [6, 6.07) is 7.77. The number of likely N-dealkylation sites (tertiary alicyclic amines) is 1. The number of hydrogen-bond acceptors (Lipinski definition) is 4. The lowest BCUT2D eigenvalue weighted by Gasteiger charge is -2.36. The molecule has 0 spiro atoms. The number of carbonyl (C=O) groups excluding carboxylic acids is 2. The predicted octanol–water partition coefficient (Wildman–Crippen LogP) is 6.63. The molecule has 2 heterocycles. The maximum atomic E-state index is 13.5. The first-order valence-corrected chi connectivity index (χ1v) is 15.6. The van der Waals surface area contributed by atoms with Crippen molar-refractivity contribution in [2.45, 2.75) is 91.8 Å². The van der Waals surface area contributed by atoms with Gasteiger partial charge in [0.1, 0.15) is 0 Å². The number of allylic oxidation sites excluding steroid dienone is 2. The van der Waals surface area contributed by atoms with Gasteiger partial charge in [0.05, 0.1) is 18.8 Å². The van der Waals surface area contributed by atoms with Crippen LogP contribution in [0.25, 0.3) is 0 Å². The largest absolute Gasteiger partial charge is 0.372 e. The van der Waals surface area contributed by atoms with Crippen LogP contribution in [-0.4, -0.2) is 78.5 Å². The van der Waals surface area contributed by atoms with Crippen molar-refractivity contribution in [2.24, 2.45) is 5.92 Å². The summed E-state index contributed by atoms with van der Waals surface area (Å²) in [5.74, 6) is 0.989. The molecular weight excluding hydrogens is 522 g/mol. The Balaban J connectivity index is 0.000000472. The Bertz CT molecular complexity index is 1040. The van der Waals surface area contributed by atoms with E-state index in [4.69, 9.17) is 16.3 Å². The summed E-state index contributed by atoms with van der Waals surface area (Å²) in [6.45, 7) is 13.8. The number of nitrogens with zero attached hydrogens (tertiary/aromatic N) is 3. The van der Waals surface area contributed by atoms with E-state index in [1.165, 1.54) is 18.5 Å². The maximum absolute atomic E-state index is 13.5. The van der Waals surface area contributed by atoms with E-state index in [2.05, 4.69) is 24.8 Å². The molecule has 4 rings (SSSR count). The van der Waals surface area contributed by atoms with Gasteiger partial charge in [-0.15, -0.1) is 0 Å². The molecule has 3 aliphatic rings. The van der Waals surface area contributed by atoms with E-state index in [1.807, 2.05) is 61.9 Å². The highest BCUT2D eigenvalue weighted by Crippen LogP contribution is 2.35. The van der Waals surface area contributed by atoms with Gasteiger partial charge in [0.25, 0.3) is 5.91 Å².